The van der Waals surface area contributed by atoms with Crippen LogP contribution < -0.4 is 14.2 Å². The number of pyridine rings is 1. The SMILES string of the molecule is CCC(CC)[C@@H](Oc1ccc(Cl)cc1Cl)[C@H](C)OC(=O)[C@@H](CC(=O)c1nccc(OC)c1OC(C)=O)C(C)C. The van der Waals surface area contributed by atoms with Gasteiger partial charge in [0.05, 0.1) is 18.1 Å². The van der Waals surface area contributed by atoms with Crippen LogP contribution in [0.1, 0.15) is 71.3 Å². The van der Waals surface area contributed by atoms with Crippen molar-refractivity contribution in [2.75, 3.05) is 7.11 Å². The van der Waals surface area contributed by atoms with Crippen LogP contribution in [0.3, 0.4) is 0 Å². The van der Waals surface area contributed by atoms with Crippen LogP contribution in [0.25, 0.3) is 0 Å². The van der Waals surface area contributed by atoms with Gasteiger partial charge in [0, 0.05) is 30.6 Å². The Morgan fingerprint density at radius 2 is 1.67 bits per heavy atom. The quantitative estimate of drug-likeness (QED) is 0.174. The van der Waals surface area contributed by atoms with Crippen molar-refractivity contribution in [3.63, 3.8) is 0 Å². The third-order valence-corrected chi connectivity index (χ3v) is 7.08. The summed E-state index contributed by atoms with van der Waals surface area (Å²) in [5.41, 5.74) is -0.0910. The van der Waals surface area contributed by atoms with Crippen LogP contribution >= 0.6 is 23.2 Å². The van der Waals surface area contributed by atoms with Gasteiger partial charge in [0.2, 0.25) is 5.75 Å². The molecular formula is C29H37Cl2NO7. The largest absolute Gasteiger partial charge is 0.493 e. The first-order chi connectivity index (χ1) is 18.4. The van der Waals surface area contributed by atoms with Gasteiger partial charge < -0.3 is 18.9 Å². The number of aromatic nitrogens is 1. The lowest BCUT2D eigenvalue weighted by Gasteiger charge is -2.32. The van der Waals surface area contributed by atoms with Crippen LogP contribution in [0.15, 0.2) is 30.5 Å². The number of rotatable bonds is 14. The Hall–Kier alpha value is -2.84. The summed E-state index contributed by atoms with van der Waals surface area (Å²) in [6.45, 7) is 10.7. The summed E-state index contributed by atoms with van der Waals surface area (Å²) in [6, 6.07) is 6.44. The van der Waals surface area contributed by atoms with Crippen molar-refractivity contribution in [2.45, 2.75) is 73.0 Å². The number of benzene rings is 1. The fourth-order valence-electron chi connectivity index (χ4n) is 4.30. The Morgan fingerprint density at radius 1 is 1.00 bits per heavy atom. The lowest BCUT2D eigenvalue weighted by atomic mass is 9.89. The molecule has 0 bridgehead atoms. The van der Waals surface area contributed by atoms with E-state index in [1.165, 1.54) is 26.3 Å². The summed E-state index contributed by atoms with van der Waals surface area (Å²) in [5.74, 6) is -2.02. The van der Waals surface area contributed by atoms with E-state index in [1.54, 1.807) is 25.1 Å². The minimum atomic E-state index is -0.778. The zero-order valence-electron chi connectivity index (χ0n) is 23.5. The topological polar surface area (TPSA) is 101 Å². The van der Waals surface area contributed by atoms with Gasteiger partial charge in [-0.15, -0.1) is 0 Å². The summed E-state index contributed by atoms with van der Waals surface area (Å²) >= 11 is 12.4. The maximum absolute atomic E-state index is 13.4. The standard InChI is InChI=1S/C29H37Cl2NO7/c1-8-19(9-2)27(39-24-11-10-20(30)14-22(24)31)17(5)37-29(35)21(16(3)4)15-23(34)26-28(38-18(6)33)25(36-7)12-13-32-26/h10-14,16-17,19,21,27H,8-9,15H2,1-7H3/t17-,21-,27-/m0/s1. The van der Waals surface area contributed by atoms with Crippen LogP contribution in [0.5, 0.6) is 17.2 Å². The van der Waals surface area contributed by atoms with Crippen molar-refractivity contribution >= 4 is 40.9 Å². The predicted octanol–water partition coefficient (Wildman–Crippen LogP) is 6.98. The third kappa shape index (κ3) is 8.83. The molecule has 0 fully saturated rings. The number of carbonyl (C=O) groups is 3. The van der Waals surface area contributed by atoms with Gasteiger partial charge >= 0.3 is 11.9 Å². The highest BCUT2D eigenvalue weighted by Crippen LogP contribution is 2.34. The van der Waals surface area contributed by atoms with Crippen LogP contribution in [-0.2, 0) is 14.3 Å². The van der Waals surface area contributed by atoms with E-state index in [-0.39, 0.29) is 35.4 Å². The van der Waals surface area contributed by atoms with Gasteiger partial charge in [-0.25, -0.2) is 4.98 Å². The normalized spacial score (nSPS) is 13.5. The third-order valence-electron chi connectivity index (χ3n) is 6.55. The Labute approximate surface area is 240 Å². The molecule has 1 aromatic heterocycles. The summed E-state index contributed by atoms with van der Waals surface area (Å²) in [4.78, 5) is 42.4. The van der Waals surface area contributed by atoms with Gasteiger partial charge in [-0.1, -0.05) is 50.9 Å². The molecule has 3 atom stereocenters. The minimum Gasteiger partial charge on any atom is -0.493 e. The van der Waals surface area contributed by atoms with Gasteiger partial charge in [0.25, 0.3) is 0 Å². The van der Waals surface area contributed by atoms with Crippen LogP contribution in [-0.4, -0.2) is 42.0 Å². The predicted molar refractivity (Wildman–Crippen MR) is 150 cm³/mol. The Bertz CT molecular complexity index is 1150. The second kappa shape index (κ2) is 15.1. The molecule has 0 aliphatic rings. The number of ether oxygens (including phenoxy) is 4. The molecule has 214 valence electrons. The number of Topliss-reactive ketones (excluding diaryl/α,β-unsaturated/α-hetero) is 1. The van der Waals surface area contributed by atoms with E-state index >= 15 is 0 Å². The van der Waals surface area contributed by atoms with Gasteiger partial charge in [-0.05, 0) is 49.8 Å². The molecule has 0 unspecified atom stereocenters. The molecule has 0 aliphatic heterocycles. The van der Waals surface area contributed by atoms with E-state index in [0.29, 0.717) is 15.8 Å². The fraction of sp³-hybridized carbons (Fsp3) is 0.517. The number of methoxy groups -OCH3 is 1. The number of halogens is 2. The molecule has 8 nitrogen and oxygen atoms in total. The molecule has 0 saturated carbocycles. The van der Waals surface area contributed by atoms with E-state index in [1.807, 2.05) is 27.7 Å². The number of ketones is 1. The van der Waals surface area contributed by atoms with Crippen molar-refractivity contribution in [1.29, 1.82) is 0 Å². The highest BCUT2D eigenvalue weighted by atomic mass is 35.5. The maximum Gasteiger partial charge on any atom is 0.310 e. The van der Waals surface area contributed by atoms with Crippen molar-refractivity contribution < 1.29 is 33.3 Å². The molecule has 1 aromatic carbocycles. The maximum atomic E-state index is 13.4. The average Bonchev–Trinajstić information content (AvgIpc) is 2.87. The fourth-order valence-corrected chi connectivity index (χ4v) is 4.76. The summed E-state index contributed by atoms with van der Waals surface area (Å²) in [5, 5.41) is 0.842. The lowest BCUT2D eigenvalue weighted by Crippen LogP contribution is -2.41. The Balaban J connectivity index is 2.28. The smallest absolute Gasteiger partial charge is 0.310 e. The first-order valence-electron chi connectivity index (χ1n) is 13.0. The van der Waals surface area contributed by atoms with E-state index in [9.17, 15) is 14.4 Å². The molecular weight excluding hydrogens is 545 g/mol. The molecule has 2 rings (SSSR count). The lowest BCUT2D eigenvalue weighted by molar-refractivity contribution is -0.161. The summed E-state index contributed by atoms with van der Waals surface area (Å²) in [6.07, 6.45) is 1.64. The van der Waals surface area contributed by atoms with Crippen molar-refractivity contribution in [2.24, 2.45) is 17.8 Å². The van der Waals surface area contributed by atoms with E-state index in [2.05, 4.69) is 4.98 Å². The van der Waals surface area contributed by atoms with Crippen molar-refractivity contribution in [3.05, 3.63) is 46.2 Å². The van der Waals surface area contributed by atoms with Gasteiger partial charge in [0.1, 0.15) is 18.0 Å². The number of nitrogens with zero attached hydrogens (tertiary/aromatic N) is 1. The molecule has 0 N–H and O–H groups in total. The molecule has 39 heavy (non-hydrogen) atoms. The monoisotopic (exact) mass is 581 g/mol. The Kier molecular flexibility index (Phi) is 12.5. The molecule has 2 aromatic rings. The number of esters is 2. The second-order valence-electron chi connectivity index (χ2n) is 9.64. The molecule has 1 heterocycles. The van der Waals surface area contributed by atoms with Gasteiger partial charge in [-0.3, -0.25) is 14.4 Å². The number of hydrogen-bond acceptors (Lipinski definition) is 8. The van der Waals surface area contributed by atoms with E-state index in [0.717, 1.165) is 12.8 Å². The van der Waals surface area contributed by atoms with E-state index in [4.69, 9.17) is 42.1 Å². The molecule has 0 saturated heterocycles. The molecule has 0 aliphatic carbocycles. The minimum absolute atomic E-state index is 0.0750. The van der Waals surface area contributed by atoms with Crippen LogP contribution in [0.4, 0.5) is 0 Å². The Morgan fingerprint density at radius 3 is 2.21 bits per heavy atom. The first-order valence-corrected chi connectivity index (χ1v) is 13.8. The van der Waals surface area contributed by atoms with Crippen LogP contribution in [0, 0.1) is 17.8 Å². The van der Waals surface area contributed by atoms with Gasteiger partial charge in [0.15, 0.2) is 17.2 Å². The molecule has 0 amide bonds. The summed E-state index contributed by atoms with van der Waals surface area (Å²) < 4.78 is 22.6. The van der Waals surface area contributed by atoms with Gasteiger partial charge in [-0.2, -0.15) is 0 Å². The molecule has 0 spiro atoms. The number of hydrogen-bond donors (Lipinski definition) is 0. The van der Waals surface area contributed by atoms with Crippen molar-refractivity contribution in [3.8, 4) is 17.2 Å². The zero-order valence-corrected chi connectivity index (χ0v) is 25.0. The van der Waals surface area contributed by atoms with E-state index < -0.39 is 35.8 Å². The highest BCUT2D eigenvalue weighted by Gasteiger charge is 2.35. The highest BCUT2D eigenvalue weighted by molar-refractivity contribution is 6.35. The van der Waals surface area contributed by atoms with Crippen molar-refractivity contribution in [1.82, 2.24) is 4.98 Å². The summed E-state index contributed by atoms with van der Waals surface area (Å²) in [7, 11) is 1.39. The van der Waals surface area contributed by atoms with Crippen LogP contribution in [0.2, 0.25) is 10.0 Å². The number of carbonyl (C=O) groups excluding carboxylic acids is 3. The average molecular weight is 583 g/mol. The second-order valence-corrected chi connectivity index (χ2v) is 10.5. The molecule has 10 heteroatoms. The zero-order chi connectivity index (χ0) is 29.3. The molecule has 0 radical (unpaired) electrons. The first kappa shape index (κ1) is 32.4.